The smallest absolute Gasteiger partial charge is 0.168 e. The van der Waals surface area contributed by atoms with Gasteiger partial charge in [0.2, 0.25) is 0 Å². The van der Waals surface area contributed by atoms with Crippen LogP contribution in [0.15, 0.2) is 0 Å². The van der Waals surface area contributed by atoms with Crippen LogP contribution in [0.2, 0.25) is 0 Å². The van der Waals surface area contributed by atoms with Crippen LogP contribution in [0, 0.1) is 5.41 Å². The molecular formula is C11H18O3. The van der Waals surface area contributed by atoms with Crippen LogP contribution in [0.1, 0.15) is 38.5 Å². The zero-order valence-electron chi connectivity index (χ0n) is 8.50. The van der Waals surface area contributed by atoms with E-state index in [1.54, 1.807) is 0 Å². The molecule has 0 amide bonds. The van der Waals surface area contributed by atoms with Crippen molar-refractivity contribution < 1.29 is 14.6 Å². The van der Waals surface area contributed by atoms with E-state index in [0.29, 0.717) is 0 Å². The zero-order chi connectivity index (χ0) is 9.65. The Morgan fingerprint density at radius 1 is 0.929 bits per heavy atom. The van der Waals surface area contributed by atoms with Crippen LogP contribution >= 0.6 is 0 Å². The summed E-state index contributed by atoms with van der Waals surface area (Å²) in [7, 11) is 0. The van der Waals surface area contributed by atoms with Crippen LogP contribution in [-0.2, 0) is 9.47 Å². The summed E-state index contributed by atoms with van der Waals surface area (Å²) < 4.78 is 11.3. The van der Waals surface area contributed by atoms with Gasteiger partial charge in [-0.05, 0) is 31.1 Å². The molecule has 3 heteroatoms. The van der Waals surface area contributed by atoms with Crippen LogP contribution in [0.4, 0.5) is 0 Å². The fourth-order valence-corrected chi connectivity index (χ4v) is 3.18. The lowest BCUT2D eigenvalue weighted by Gasteiger charge is -2.52. The van der Waals surface area contributed by atoms with Gasteiger partial charge in [0, 0.05) is 12.8 Å². The number of hydrogen-bond donors (Lipinski definition) is 1. The minimum Gasteiger partial charge on any atom is -0.393 e. The van der Waals surface area contributed by atoms with E-state index in [1.807, 2.05) is 0 Å². The van der Waals surface area contributed by atoms with Crippen LogP contribution < -0.4 is 0 Å². The summed E-state index contributed by atoms with van der Waals surface area (Å²) in [6.45, 7) is 1.49. The summed E-state index contributed by atoms with van der Waals surface area (Å²) in [4.78, 5) is 0. The van der Waals surface area contributed by atoms with Gasteiger partial charge in [-0.2, -0.15) is 0 Å². The molecular weight excluding hydrogens is 180 g/mol. The number of aliphatic hydroxyl groups excluding tert-OH is 1. The molecule has 3 rings (SSSR count). The molecule has 1 aliphatic heterocycles. The van der Waals surface area contributed by atoms with E-state index in [9.17, 15) is 5.11 Å². The van der Waals surface area contributed by atoms with Gasteiger partial charge in [-0.3, -0.25) is 0 Å². The van der Waals surface area contributed by atoms with Crippen molar-refractivity contribution in [1.82, 2.24) is 0 Å². The Hall–Kier alpha value is -0.120. The summed E-state index contributed by atoms with van der Waals surface area (Å²) in [5.74, 6) is -0.263. The molecule has 3 fully saturated rings. The first-order chi connectivity index (χ1) is 6.75. The Morgan fingerprint density at radius 2 is 1.57 bits per heavy atom. The molecule has 0 radical (unpaired) electrons. The van der Waals surface area contributed by atoms with E-state index >= 15 is 0 Å². The molecule has 2 aliphatic carbocycles. The second-order valence-electron chi connectivity index (χ2n) is 5.02. The summed E-state index contributed by atoms with van der Waals surface area (Å²) >= 11 is 0. The third kappa shape index (κ3) is 1.16. The second-order valence-corrected chi connectivity index (χ2v) is 5.02. The highest BCUT2D eigenvalue weighted by Gasteiger charge is 2.52. The molecule has 1 N–H and O–H groups in total. The summed E-state index contributed by atoms with van der Waals surface area (Å²) in [6.07, 6.45) is 6.25. The van der Waals surface area contributed by atoms with Gasteiger partial charge in [0.1, 0.15) is 0 Å². The molecule has 3 aliphatic rings. The van der Waals surface area contributed by atoms with Crippen molar-refractivity contribution in [2.24, 2.45) is 5.41 Å². The van der Waals surface area contributed by atoms with Crippen molar-refractivity contribution in [3.05, 3.63) is 0 Å². The van der Waals surface area contributed by atoms with Gasteiger partial charge in [0.25, 0.3) is 0 Å². The van der Waals surface area contributed by atoms with E-state index in [4.69, 9.17) is 9.47 Å². The Kier molecular flexibility index (Phi) is 1.92. The standard InChI is InChI=1S/C11H18O3/c12-9-1-2-10(9)3-5-11(6-4-10)13-7-8-14-11/h9,12H,1-8H2. The topological polar surface area (TPSA) is 38.7 Å². The molecule has 1 unspecified atom stereocenters. The maximum Gasteiger partial charge on any atom is 0.168 e. The van der Waals surface area contributed by atoms with Gasteiger partial charge in [-0.1, -0.05) is 0 Å². The molecule has 1 heterocycles. The highest BCUT2D eigenvalue weighted by molar-refractivity contribution is 5.01. The van der Waals surface area contributed by atoms with Crippen LogP contribution in [0.25, 0.3) is 0 Å². The van der Waals surface area contributed by atoms with Crippen molar-refractivity contribution in [3.8, 4) is 0 Å². The monoisotopic (exact) mass is 198 g/mol. The van der Waals surface area contributed by atoms with Gasteiger partial charge >= 0.3 is 0 Å². The average molecular weight is 198 g/mol. The van der Waals surface area contributed by atoms with E-state index < -0.39 is 0 Å². The van der Waals surface area contributed by atoms with Gasteiger partial charge in [0.15, 0.2) is 5.79 Å². The molecule has 1 atom stereocenters. The van der Waals surface area contributed by atoms with Gasteiger partial charge in [-0.15, -0.1) is 0 Å². The van der Waals surface area contributed by atoms with Crippen LogP contribution in [0.5, 0.6) is 0 Å². The minimum absolute atomic E-state index is 0.0544. The minimum atomic E-state index is -0.263. The average Bonchev–Trinajstić information content (AvgIpc) is 2.66. The Morgan fingerprint density at radius 3 is 2.00 bits per heavy atom. The highest BCUT2D eigenvalue weighted by Crippen LogP contribution is 2.55. The van der Waals surface area contributed by atoms with Gasteiger partial charge in [-0.25, -0.2) is 0 Å². The third-order valence-corrected chi connectivity index (χ3v) is 4.44. The number of hydrogen-bond acceptors (Lipinski definition) is 3. The molecule has 0 aromatic heterocycles. The van der Waals surface area contributed by atoms with Gasteiger partial charge in [0.05, 0.1) is 19.3 Å². The lowest BCUT2D eigenvalue weighted by atomic mass is 9.58. The van der Waals surface area contributed by atoms with E-state index in [1.165, 1.54) is 6.42 Å². The molecule has 2 saturated carbocycles. The molecule has 80 valence electrons. The second kappa shape index (κ2) is 2.94. The lowest BCUT2D eigenvalue weighted by molar-refractivity contribution is -0.215. The number of rotatable bonds is 0. The molecule has 2 spiro atoms. The predicted octanol–water partition coefficient (Wildman–Crippen LogP) is 1.44. The largest absolute Gasteiger partial charge is 0.393 e. The van der Waals surface area contributed by atoms with E-state index in [2.05, 4.69) is 0 Å². The Bertz CT molecular complexity index is 217. The normalized spacial score (nSPS) is 38.8. The van der Waals surface area contributed by atoms with Crippen molar-refractivity contribution in [1.29, 1.82) is 0 Å². The fraction of sp³-hybridized carbons (Fsp3) is 1.00. The number of ether oxygens (including phenoxy) is 2. The first-order valence-electron chi connectivity index (χ1n) is 5.71. The SMILES string of the molecule is OC1CCC12CCC1(CC2)OCCO1. The van der Waals surface area contributed by atoms with Crippen molar-refractivity contribution >= 4 is 0 Å². The van der Waals surface area contributed by atoms with Gasteiger partial charge < -0.3 is 14.6 Å². The molecule has 0 bridgehead atoms. The quantitative estimate of drug-likeness (QED) is 0.640. The third-order valence-electron chi connectivity index (χ3n) is 4.44. The summed E-state index contributed by atoms with van der Waals surface area (Å²) in [5.41, 5.74) is 0.237. The van der Waals surface area contributed by atoms with Crippen molar-refractivity contribution in [2.75, 3.05) is 13.2 Å². The van der Waals surface area contributed by atoms with Crippen molar-refractivity contribution in [2.45, 2.75) is 50.4 Å². The molecule has 0 aromatic rings. The van der Waals surface area contributed by atoms with Crippen molar-refractivity contribution in [3.63, 3.8) is 0 Å². The summed E-state index contributed by atoms with van der Waals surface area (Å²) in [6, 6.07) is 0. The maximum atomic E-state index is 9.77. The molecule has 3 nitrogen and oxygen atoms in total. The molecule has 14 heavy (non-hydrogen) atoms. The zero-order valence-corrected chi connectivity index (χ0v) is 8.50. The molecule has 1 saturated heterocycles. The predicted molar refractivity (Wildman–Crippen MR) is 50.8 cm³/mol. The van der Waals surface area contributed by atoms with Crippen LogP contribution in [-0.4, -0.2) is 30.2 Å². The first kappa shape index (κ1) is 9.13. The maximum absolute atomic E-state index is 9.77. The Balaban J connectivity index is 1.67. The van der Waals surface area contributed by atoms with Crippen LogP contribution in [0.3, 0.4) is 0 Å². The van der Waals surface area contributed by atoms with E-state index in [-0.39, 0.29) is 17.3 Å². The number of aliphatic hydroxyl groups is 1. The highest BCUT2D eigenvalue weighted by atomic mass is 16.7. The lowest BCUT2D eigenvalue weighted by Crippen LogP contribution is -2.51. The first-order valence-corrected chi connectivity index (χ1v) is 5.71. The summed E-state index contributed by atoms with van der Waals surface area (Å²) in [5, 5.41) is 9.77. The Labute approximate surface area is 84.4 Å². The van der Waals surface area contributed by atoms with E-state index in [0.717, 1.165) is 45.3 Å². The molecule has 0 aromatic carbocycles. The fourth-order valence-electron chi connectivity index (χ4n) is 3.18.